The highest BCUT2D eigenvalue weighted by molar-refractivity contribution is 4.85. The third-order valence-corrected chi connectivity index (χ3v) is 2.55. The Kier molecular flexibility index (Phi) is 4.69. The van der Waals surface area contributed by atoms with Crippen molar-refractivity contribution in [3.63, 3.8) is 0 Å². The fourth-order valence-corrected chi connectivity index (χ4v) is 1.17. The summed E-state index contributed by atoms with van der Waals surface area (Å²) in [5.41, 5.74) is 5.83. The van der Waals surface area contributed by atoms with Gasteiger partial charge in [-0.3, -0.25) is 0 Å². The molecule has 68 valence electrons. The van der Waals surface area contributed by atoms with Gasteiger partial charge in [-0.2, -0.15) is 0 Å². The van der Waals surface area contributed by atoms with Gasteiger partial charge in [0.15, 0.2) is 0 Å². The molecule has 1 unspecified atom stereocenters. The zero-order valence-corrected chi connectivity index (χ0v) is 8.18. The number of rotatable bonds is 5. The number of hydrogen-bond donors (Lipinski definition) is 1. The second-order valence-corrected chi connectivity index (χ2v) is 3.27. The summed E-state index contributed by atoms with van der Waals surface area (Å²) in [5.74, 6) is 0. The van der Waals surface area contributed by atoms with E-state index in [9.17, 15) is 0 Å². The molecule has 0 bridgehead atoms. The van der Waals surface area contributed by atoms with Crippen molar-refractivity contribution in [1.29, 1.82) is 0 Å². The third-order valence-electron chi connectivity index (χ3n) is 2.55. The lowest BCUT2D eigenvalue weighted by Gasteiger charge is -2.33. The highest BCUT2D eigenvalue weighted by Crippen LogP contribution is 2.20. The lowest BCUT2D eigenvalue weighted by atomic mass is 9.91. The van der Waals surface area contributed by atoms with Gasteiger partial charge < -0.3 is 10.5 Å². The first-order valence-corrected chi connectivity index (χ1v) is 4.41. The fraction of sp³-hybridized carbons (Fsp3) is 1.00. The van der Waals surface area contributed by atoms with E-state index in [1.807, 2.05) is 0 Å². The molecule has 11 heavy (non-hydrogen) atoms. The molecule has 0 aromatic rings. The summed E-state index contributed by atoms with van der Waals surface area (Å²) in [5, 5.41) is 0. The Bertz CT molecular complexity index is 99.7. The van der Waals surface area contributed by atoms with Gasteiger partial charge in [-0.05, 0) is 19.8 Å². The van der Waals surface area contributed by atoms with Crippen LogP contribution in [0.15, 0.2) is 0 Å². The molecule has 0 amide bonds. The first-order valence-electron chi connectivity index (χ1n) is 4.41. The molecule has 0 spiro atoms. The molecule has 0 rings (SSSR count). The Hall–Kier alpha value is -0.0800. The van der Waals surface area contributed by atoms with E-state index in [1.54, 1.807) is 7.11 Å². The maximum absolute atomic E-state index is 5.96. The van der Waals surface area contributed by atoms with E-state index in [-0.39, 0.29) is 11.6 Å². The summed E-state index contributed by atoms with van der Waals surface area (Å²) >= 11 is 0. The summed E-state index contributed by atoms with van der Waals surface area (Å²) in [6, 6.07) is 0.169. The molecular formula is C9H21NO. The molecule has 0 radical (unpaired) electrons. The molecule has 0 aliphatic carbocycles. The van der Waals surface area contributed by atoms with Crippen LogP contribution in [0.5, 0.6) is 0 Å². The van der Waals surface area contributed by atoms with Crippen molar-refractivity contribution >= 4 is 0 Å². The Morgan fingerprint density at radius 3 is 2.27 bits per heavy atom. The molecule has 0 fully saturated rings. The van der Waals surface area contributed by atoms with Crippen molar-refractivity contribution in [2.24, 2.45) is 5.73 Å². The molecule has 2 nitrogen and oxygen atoms in total. The highest BCUT2D eigenvalue weighted by atomic mass is 16.5. The van der Waals surface area contributed by atoms with Gasteiger partial charge >= 0.3 is 0 Å². The molecule has 0 saturated carbocycles. The molecule has 0 saturated heterocycles. The average Bonchev–Trinajstić information content (AvgIpc) is 2.03. The van der Waals surface area contributed by atoms with Crippen molar-refractivity contribution < 1.29 is 4.74 Å². The standard InChI is InChI=1S/C9H21NO/c1-5-7-8(10)9(3,6-2)11-4/h8H,5-7,10H2,1-4H3/t8-,9?/m1/s1. The molecule has 0 heterocycles. The van der Waals surface area contributed by atoms with E-state index in [0.29, 0.717) is 0 Å². The van der Waals surface area contributed by atoms with Gasteiger partial charge in [0.05, 0.1) is 5.60 Å². The quantitative estimate of drug-likeness (QED) is 0.665. The fourth-order valence-electron chi connectivity index (χ4n) is 1.17. The third kappa shape index (κ3) is 2.80. The molecule has 0 aromatic carbocycles. The predicted octanol–water partition coefficient (Wildman–Crippen LogP) is 1.93. The summed E-state index contributed by atoms with van der Waals surface area (Å²) in [7, 11) is 1.74. The van der Waals surface area contributed by atoms with Gasteiger partial charge in [0.25, 0.3) is 0 Å². The first kappa shape index (κ1) is 10.9. The van der Waals surface area contributed by atoms with Crippen molar-refractivity contribution in [3.05, 3.63) is 0 Å². The predicted molar refractivity (Wildman–Crippen MR) is 48.6 cm³/mol. The minimum Gasteiger partial charge on any atom is -0.377 e. The van der Waals surface area contributed by atoms with E-state index in [2.05, 4.69) is 20.8 Å². The molecule has 0 aliphatic heterocycles. The molecule has 0 aliphatic rings. The Labute approximate surface area is 70.1 Å². The average molecular weight is 159 g/mol. The van der Waals surface area contributed by atoms with Gasteiger partial charge in [-0.25, -0.2) is 0 Å². The summed E-state index contributed by atoms with van der Waals surface area (Å²) in [4.78, 5) is 0. The Balaban J connectivity index is 4.00. The van der Waals surface area contributed by atoms with Gasteiger partial charge in [-0.15, -0.1) is 0 Å². The van der Waals surface area contributed by atoms with Gasteiger partial charge in [-0.1, -0.05) is 20.3 Å². The van der Waals surface area contributed by atoms with E-state index in [4.69, 9.17) is 10.5 Å². The van der Waals surface area contributed by atoms with Crippen molar-refractivity contribution in [3.8, 4) is 0 Å². The number of methoxy groups -OCH3 is 1. The topological polar surface area (TPSA) is 35.2 Å². The van der Waals surface area contributed by atoms with Crippen LogP contribution in [0.2, 0.25) is 0 Å². The van der Waals surface area contributed by atoms with Crippen LogP contribution in [0.4, 0.5) is 0 Å². The number of nitrogens with two attached hydrogens (primary N) is 1. The monoisotopic (exact) mass is 159 g/mol. The van der Waals surface area contributed by atoms with Crippen LogP contribution in [-0.2, 0) is 4.74 Å². The highest BCUT2D eigenvalue weighted by Gasteiger charge is 2.28. The zero-order valence-electron chi connectivity index (χ0n) is 8.18. The molecule has 2 atom stereocenters. The van der Waals surface area contributed by atoms with Gasteiger partial charge in [0, 0.05) is 13.2 Å². The van der Waals surface area contributed by atoms with E-state index >= 15 is 0 Å². The second kappa shape index (κ2) is 4.73. The Morgan fingerprint density at radius 2 is 2.00 bits per heavy atom. The largest absolute Gasteiger partial charge is 0.377 e. The minimum absolute atomic E-state index is 0.129. The lowest BCUT2D eigenvalue weighted by Crippen LogP contribution is -2.46. The molecule has 2 N–H and O–H groups in total. The van der Waals surface area contributed by atoms with E-state index in [1.165, 1.54) is 0 Å². The normalized spacial score (nSPS) is 19.4. The summed E-state index contributed by atoms with van der Waals surface area (Å²) in [6.07, 6.45) is 3.14. The molecule has 2 heteroatoms. The van der Waals surface area contributed by atoms with E-state index < -0.39 is 0 Å². The maximum Gasteiger partial charge on any atom is 0.0798 e. The molecular weight excluding hydrogens is 138 g/mol. The van der Waals surface area contributed by atoms with Crippen LogP contribution in [0.3, 0.4) is 0 Å². The molecule has 0 aromatic heterocycles. The van der Waals surface area contributed by atoms with Crippen LogP contribution in [0, 0.1) is 0 Å². The summed E-state index contributed by atoms with van der Waals surface area (Å²) in [6.45, 7) is 6.33. The van der Waals surface area contributed by atoms with Crippen molar-refractivity contribution in [1.82, 2.24) is 0 Å². The zero-order chi connectivity index (χ0) is 8.91. The lowest BCUT2D eigenvalue weighted by molar-refractivity contribution is -0.0207. The van der Waals surface area contributed by atoms with Crippen molar-refractivity contribution in [2.75, 3.05) is 7.11 Å². The second-order valence-electron chi connectivity index (χ2n) is 3.27. The van der Waals surface area contributed by atoms with Gasteiger partial charge in [0.2, 0.25) is 0 Å². The number of hydrogen-bond acceptors (Lipinski definition) is 2. The van der Waals surface area contributed by atoms with Crippen LogP contribution >= 0.6 is 0 Å². The minimum atomic E-state index is -0.129. The van der Waals surface area contributed by atoms with Gasteiger partial charge in [0.1, 0.15) is 0 Å². The smallest absolute Gasteiger partial charge is 0.0798 e. The van der Waals surface area contributed by atoms with Crippen LogP contribution in [-0.4, -0.2) is 18.8 Å². The van der Waals surface area contributed by atoms with Crippen LogP contribution < -0.4 is 5.73 Å². The maximum atomic E-state index is 5.96. The van der Waals surface area contributed by atoms with Crippen LogP contribution in [0.1, 0.15) is 40.0 Å². The van der Waals surface area contributed by atoms with E-state index in [0.717, 1.165) is 19.3 Å². The first-order chi connectivity index (χ1) is 5.10. The van der Waals surface area contributed by atoms with Crippen LogP contribution in [0.25, 0.3) is 0 Å². The Morgan fingerprint density at radius 1 is 1.45 bits per heavy atom. The van der Waals surface area contributed by atoms with Crippen molar-refractivity contribution in [2.45, 2.75) is 51.7 Å². The SMILES string of the molecule is CCC[C@@H](N)C(C)(CC)OC. The number of ether oxygens (including phenoxy) is 1. The summed E-state index contributed by atoms with van der Waals surface area (Å²) < 4.78 is 5.38.